The molecular weight excluding hydrogens is 424 g/mol. The van der Waals surface area contributed by atoms with Crippen molar-refractivity contribution in [1.82, 2.24) is 9.80 Å². The Bertz CT molecular complexity index is 1030. The highest BCUT2D eigenvalue weighted by Crippen LogP contribution is 2.34. The molecule has 1 aliphatic rings. The molecular formula is C25H28N2O4S. The third-order valence-electron chi connectivity index (χ3n) is 5.99. The molecule has 7 heteroatoms. The van der Waals surface area contributed by atoms with Gasteiger partial charge in [-0.25, -0.2) is 0 Å². The van der Waals surface area contributed by atoms with E-state index in [2.05, 4.69) is 11.4 Å². The minimum Gasteiger partial charge on any atom is -0.491 e. The van der Waals surface area contributed by atoms with Crippen molar-refractivity contribution in [2.45, 2.75) is 38.8 Å². The van der Waals surface area contributed by atoms with Crippen LogP contribution in [0.5, 0.6) is 5.75 Å². The highest BCUT2D eigenvalue weighted by Gasteiger charge is 2.34. The van der Waals surface area contributed by atoms with Gasteiger partial charge in [0.05, 0.1) is 12.3 Å². The van der Waals surface area contributed by atoms with Gasteiger partial charge in [-0.05, 0) is 61.0 Å². The van der Waals surface area contributed by atoms with Gasteiger partial charge in [0.2, 0.25) is 5.91 Å². The summed E-state index contributed by atoms with van der Waals surface area (Å²) in [6.07, 6.45) is 3.04. The first kappa shape index (κ1) is 22.1. The van der Waals surface area contributed by atoms with Gasteiger partial charge in [-0.15, -0.1) is 11.3 Å². The zero-order valence-electron chi connectivity index (χ0n) is 18.4. The van der Waals surface area contributed by atoms with Crippen LogP contribution >= 0.6 is 11.3 Å². The van der Waals surface area contributed by atoms with Crippen molar-refractivity contribution in [2.24, 2.45) is 0 Å². The molecule has 32 heavy (non-hydrogen) atoms. The Morgan fingerprint density at radius 3 is 2.75 bits per heavy atom. The Hall–Kier alpha value is -3.06. The van der Waals surface area contributed by atoms with Crippen LogP contribution in [-0.2, 0) is 11.2 Å². The molecule has 0 saturated carbocycles. The van der Waals surface area contributed by atoms with E-state index in [1.54, 1.807) is 28.4 Å². The topological polar surface area (TPSA) is 63.0 Å². The molecule has 0 N–H and O–H groups in total. The van der Waals surface area contributed by atoms with E-state index in [0.29, 0.717) is 13.2 Å². The van der Waals surface area contributed by atoms with E-state index < -0.39 is 0 Å². The number of para-hydroxylation sites is 1. The number of rotatable bonds is 8. The second-order valence-corrected chi connectivity index (χ2v) is 8.94. The Balaban J connectivity index is 1.53. The summed E-state index contributed by atoms with van der Waals surface area (Å²) in [5.41, 5.74) is 1.14. The summed E-state index contributed by atoms with van der Waals surface area (Å²) in [6, 6.07) is 14.8. The molecule has 0 radical (unpaired) electrons. The molecule has 0 spiro atoms. The first-order chi connectivity index (χ1) is 15.6. The fraction of sp³-hybridized carbons (Fsp3) is 0.360. The van der Waals surface area contributed by atoms with Crippen LogP contribution < -0.4 is 4.74 Å². The third kappa shape index (κ3) is 4.72. The summed E-state index contributed by atoms with van der Waals surface area (Å²) in [5.74, 6) is 0.684. The fourth-order valence-electron chi connectivity index (χ4n) is 3.99. The molecule has 4 rings (SSSR count). The summed E-state index contributed by atoms with van der Waals surface area (Å²) < 4.78 is 11.4. The number of hydrogen-bond acceptors (Lipinski definition) is 5. The average Bonchev–Trinajstić information content (AvgIpc) is 3.53. The number of carbonyl (C=O) groups excluding carboxylic acids is 2. The average molecular weight is 453 g/mol. The van der Waals surface area contributed by atoms with Crippen molar-refractivity contribution in [3.05, 3.63) is 76.4 Å². The van der Waals surface area contributed by atoms with Crippen LogP contribution in [0, 0.1) is 0 Å². The summed E-state index contributed by atoms with van der Waals surface area (Å²) in [6.45, 7) is 4.95. The summed E-state index contributed by atoms with van der Waals surface area (Å²) in [5, 5.41) is 2.07. The van der Waals surface area contributed by atoms with E-state index >= 15 is 0 Å². The van der Waals surface area contributed by atoms with Gasteiger partial charge in [0.25, 0.3) is 5.91 Å². The number of ether oxygens (including phenoxy) is 1. The van der Waals surface area contributed by atoms with Crippen molar-refractivity contribution >= 4 is 23.2 Å². The number of carbonyl (C=O) groups is 2. The lowest BCUT2D eigenvalue weighted by Gasteiger charge is -2.37. The Kier molecular flexibility index (Phi) is 6.95. The molecule has 1 aliphatic heterocycles. The predicted octanol–water partition coefficient (Wildman–Crippen LogP) is 4.79. The highest BCUT2D eigenvalue weighted by molar-refractivity contribution is 7.10. The molecule has 3 aromatic rings. The van der Waals surface area contributed by atoms with Crippen LogP contribution in [0.1, 0.15) is 47.3 Å². The molecule has 0 bridgehead atoms. The zero-order valence-corrected chi connectivity index (χ0v) is 19.2. The SMILES string of the molecule is CC[C@H](C)N(CC(=O)N1CCc2sccc2[C@@H]1COc1ccccc1)C(=O)c1ccco1. The third-order valence-corrected chi connectivity index (χ3v) is 6.98. The molecule has 6 nitrogen and oxygen atoms in total. The minimum absolute atomic E-state index is 0.00977. The number of amides is 2. The number of thiophene rings is 1. The van der Waals surface area contributed by atoms with Gasteiger partial charge in [0, 0.05) is 17.5 Å². The molecule has 2 aromatic heterocycles. The maximum absolute atomic E-state index is 13.5. The lowest BCUT2D eigenvalue weighted by atomic mass is 10.00. The lowest BCUT2D eigenvalue weighted by molar-refractivity contribution is -0.136. The second kappa shape index (κ2) is 10.0. The van der Waals surface area contributed by atoms with Gasteiger partial charge in [0.1, 0.15) is 18.9 Å². The van der Waals surface area contributed by atoms with E-state index in [-0.39, 0.29) is 36.2 Å². The second-order valence-electron chi connectivity index (χ2n) is 7.94. The van der Waals surface area contributed by atoms with E-state index in [1.165, 1.54) is 11.1 Å². The summed E-state index contributed by atoms with van der Waals surface area (Å²) in [7, 11) is 0. The van der Waals surface area contributed by atoms with E-state index in [0.717, 1.165) is 24.2 Å². The van der Waals surface area contributed by atoms with Gasteiger partial charge in [0.15, 0.2) is 5.76 Å². The Morgan fingerprint density at radius 1 is 1.22 bits per heavy atom. The number of benzene rings is 1. The molecule has 0 fully saturated rings. The number of hydrogen-bond donors (Lipinski definition) is 0. The smallest absolute Gasteiger partial charge is 0.290 e. The van der Waals surface area contributed by atoms with Gasteiger partial charge < -0.3 is 19.0 Å². The van der Waals surface area contributed by atoms with Crippen LogP contribution in [0.2, 0.25) is 0 Å². The van der Waals surface area contributed by atoms with Crippen LogP contribution in [0.4, 0.5) is 0 Å². The van der Waals surface area contributed by atoms with Crippen LogP contribution in [0.15, 0.2) is 64.6 Å². The first-order valence-corrected chi connectivity index (χ1v) is 11.8. The Morgan fingerprint density at radius 2 is 2.03 bits per heavy atom. The van der Waals surface area contributed by atoms with Gasteiger partial charge in [-0.2, -0.15) is 0 Å². The van der Waals surface area contributed by atoms with Crippen molar-refractivity contribution in [1.29, 1.82) is 0 Å². The van der Waals surface area contributed by atoms with Gasteiger partial charge in [-0.3, -0.25) is 9.59 Å². The lowest BCUT2D eigenvalue weighted by Crippen LogP contribution is -2.49. The molecule has 0 aliphatic carbocycles. The monoisotopic (exact) mass is 452 g/mol. The highest BCUT2D eigenvalue weighted by atomic mass is 32.1. The molecule has 3 heterocycles. The molecule has 2 atom stereocenters. The van der Waals surface area contributed by atoms with Crippen LogP contribution in [0.3, 0.4) is 0 Å². The zero-order chi connectivity index (χ0) is 22.5. The van der Waals surface area contributed by atoms with E-state index in [1.807, 2.05) is 49.1 Å². The first-order valence-electron chi connectivity index (χ1n) is 11.0. The van der Waals surface area contributed by atoms with Crippen molar-refractivity contribution in [2.75, 3.05) is 19.7 Å². The van der Waals surface area contributed by atoms with Crippen molar-refractivity contribution < 1.29 is 18.7 Å². The molecule has 0 saturated heterocycles. The Labute approximate surface area is 192 Å². The van der Waals surface area contributed by atoms with Crippen LogP contribution in [-0.4, -0.2) is 47.4 Å². The van der Waals surface area contributed by atoms with Crippen LogP contribution in [0.25, 0.3) is 0 Å². The quantitative estimate of drug-likeness (QED) is 0.493. The van der Waals surface area contributed by atoms with Gasteiger partial charge >= 0.3 is 0 Å². The maximum atomic E-state index is 13.5. The standard InChI is InChI=1S/C25H28N2O4S/c1-3-18(2)27(25(29)22-10-7-14-30-22)16-24(28)26-13-11-23-20(12-15-32-23)21(26)17-31-19-8-5-4-6-9-19/h4-10,12,14-15,18,21H,3,11,13,16-17H2,1-2H3/t18-,21-/m0/s1. The maximum Gasteiger partial charge on any atom is 0.290 e. The number of nitrogens with zero attached hydrogens (tertiary/aromatic N) is 2. The number of furan rings is 1. The summed E-state index contributed by atoms with van der Waals surface area (Å²) >= 11 is 1.72. The fourth-order valence-corrected chi connectivity index (χ4v) is 4.92. The van der Waals surface area contributed by atoms with Crippen molar-refractivity contribution in [3.8, 4) is 5.75 Å². The molecule has 2 amide bonds. The van der Waals surface area contributed by atoms with Crippen molar-refractivity contribution in [3.63, 3.8) is 0 Å². The van der Waals surface area contributed by atoms with E-state index in [4.69, 9.17) is 9.15 Å². The van der Waals surface area contributed by atoms with E-state index in [9.17, 15) is 9.59 Å². The molecule has 0 unspecified atom stereocenters. The molecule has 168 valence electrons. The predicted molar refractivity (Wildman–Crippen MR) is 124 cm³/mol. The molecule has 1 aromatic carbocycles. The minimum atomic E-state index is -0.261. The summed E-state index contributed by atoms with van der Waals surface area (Å²) in [4.78, 5) is 31.3. The van der Waals surface area contributed by atoms with Gasteiger partial charge in [-0.1, -0.05) is 25.1 Å². The largest absolute Gasteiger partial charge is 0.491 e. The normalized spacial score (nSPS) is 16.3. The number of fused-ring (bicyclic) bond motifs is 1.